The summed E-state index contributed by atoms with van der Waals surface area (Å²) in [6.07, 6.45) is 1.36. The first-order valence-electron chi connectivity index (χ1n) is 8.18. The van der Waals surface area contributed by atoms with Gasteiger partial charge in [0, 0.05) is 10.2 Å². The average Bonchev–Trinajstić information content (AvgIpc) is 2.68. The van der Waals surface area contributed by atoms with Gasteiger partial charge < -0.3 is 10.4 Å². The summed E-state index contributed by atoms with van der Waals surface area (Å²) >= 11 is 3.40. The lowest BCUT2D eigenvalue weighted by Gasteiger charge is -2.08. The van der Waals surface area contributed by atoms with Gasteiger partial charge in [-0.05, 0) is 42.5 Å². The third-order valence-electron chi connectivity index (χ3n) is 3.60. The molecule has 2 N–H and O–H groups in total. The Labute approximate surface area is 175 Å². The number of hydrogen-bond donors (Lipinski definition) is 2. The number of benzene rings is 1. The summed E-state index contributed by atoms with van der Waals surface area (Å²) in [5.41, 5.74) is 0.567. The number of fused-ring (bicyclic) bond motifs is 1. The van der Waals surface area contributed by atoms with Crippen molar-refractivity contribution in [2.45, 2.75) is 0 Å². The highest BCUT2D eigenvalue weighted by atomic mass is 79.9. The number of carbonyl (C=O) groups is 1. The summed E-state index contributed by atoms with van der Waals surface area (Å²) in [7, 11) is 0. The van der Waals surface area contributed by atoms with Crippen molar-refractivity contribution in [3.63, 3.8) is 0 Å². The highest BCUT2D eigenvalue weighted by Crippen LogP contribution is 2.23. The van der Waals surface area contributed by atoms with Gasteiger partial charge in [0.2, 0.25) is 17.8 Å². The van der Waals surface area contributed by atoms with Crippen LogP contribution in [0.3, 0.4) is 0 Å². The van der Waals surface area contributed by atoms with E-state index < -0.39 is 29.4 Å². The Kier molecular flexibility index (Phi) is 6.52. The van der Waals surface area contributed by atoms with Crippen LogP contribution in [0.1, 0.15) is 10.4 Å². The van der Waals surface area contributed by atoms with Crippen LogP contribution in [0, 0.1) is 17.8 Å². The van der Waals surface area contributed by atoms with Gasteiger partial charge in [-0.1, -0.05) is 22.0 Å². The molecule has 0 saturated heterocycles. The highest BCUT2D eigenvalue weighted by molar-refractivity contribution is 9.10. The van der Waals surface area contributed by atoms with Crippen LogP contribution >= 0.6 is 15.9 Å². The minimum absolute atomic E-state index is 0.326. The lowest BCUT2D eigenvalue weighted by Crippen LogP contribution is -2.03. The molecule has 4 aromatic rings. The molecule has 0 saturated carbocycles. The maximum absolute atomic E-state index is 13.1. The Bertz CT molecular complexity index is 1230. The molecule has 0 fully saturated rings. The molecule has 0 unspecified atom stereocenters. The third-order valence-corrected chi connectivity index (χ3v) is 4.09. The Morgan fingerprint density at radius 1 is 0.967 bits per heavy atom. The van der Waals surface area contributed by atoms with Gasteiger partial charge in [-0.25, -0.2) is 14.8 Å². The van der Waals surface area contributed by atoms with Crippen molar-refractivity contribution < 1.29 is 23.1 Å². The minimum Gasteiger partial charge on any atom is -0.478 e. The van der Waals surface area contributed by atoms with Crippen molar-refractivity contribution in [2.75, 3.05) is 5.32 Å². The molecule has 3 heterocycles. The summed E-state index contributed by atoms with van der Waals surface area (Å²) in [6, 6.07) is 12.2. The molecule has 0 radical (unpaired) electrons. The predicted molar refractivity (Wildman–Crippen MR) is 106 cm³/mol. The van der Waals surface area contributed by atoms with E-state index in [9.17, 15) is 18.0 Å². The van der Waals surface area contributed by atoms with E-state index >= 15 is 0 Å². The summed E-state index contributed by atoms with van der Waals surface area (Å²) in [4.78, 5) is 24.7. The number of rotatable bonds is 3. The smallest absolute Gasteiger partial charge is 0.340 e. The number of pyridine rings is 2. The van der Waals surface area contributed by atoms with Crippen molar-refractivity contribution in [1.82, 2.24) is 19.9 Å². The predicted octanol–water partition coefficient (Wildman–Crippen LogP) is 4.73. The molecule has 152 valence electrons. The first-order valence-corrected chi connectivity index (χ1v) is 8.98. The second kappa shape index (κ2) is 9.27. The maximum Gasteiger partial charge on any atom is 0.340 e. The number of carboxylic acids is 1. The summed E-state index contributed by atoms with van der Waals surface area (Å²) < 4.78 is 38.4. The zero-order valence-corrected chi connectivity index (χ0v) is 16.4. The molecule has 0 spiro atoms. The number of nitrogens with zero attached hydrogens (tertiary/aromatic N) is 4. The molecule has 1 aromatic carbocycles. The van der Waals surface area contributed by atoms with Gasteiger partial charge in [-0.15, -0.1) is 0 Å². The zero-order chi connectivity index (χ0) is 21.7. The fraction of sp³-hybridized carbons (Fsp3) is 0. The van der Waals surface area contributed by atoms with E-state index in [0.29, 0.717) is 16.9 Å². The second-order valence-corrected chi connectivity index (χ2v) is 6.56. The lowest BCUT2D eigenvalue weighted by atomic mass is 10.3. The molecule has 0 aliphatic heterocycles. The molecule has 0 aliphatic carbocycles. The third kappa shape index (κ3) is 5.26. The number of aromatic carboxylic acids is 1. The van der Waals surface area contributed by atoms with Gasteiger partial charge in [0.05, 0.1) is 5.39 Å². The number of halogens is 4. The van der Waals surface area contributed by atoms with Crippen molar-refractivity contribution in [3.8, 4) is 0 Å². The number of carboxylic acid groups (broad SMARTS) is 1. The van der Waals surface area contributed by atoms with Crippen LogP contribution in [0.4, 0.5) is 24.7 Å². The fourth-order valence-corrected chi connectivity index (χ4v) is 2.69. The van der Waals surface area contributed by atoms with Crippen LogP contribution in [0.5, 0.6) is 0 Å². The van der Waals surface area contributed by atoms with E-state index in [2.05, 4.69) is 41.2 Å². The van der Waals surface area contributed by atoms with Crippen molar-refractivity contribution in [2.24, 2.45) is 0 Å². The summed E-state index contributed by atoms with van der Waals surface area (Å²) in [5.74, 6) is -3.77. The molecule has 0 aliphatic rings. The zero-order valence-electron chi connectivity index (χ0n) is 14.9. The topological polar surface area (TPSA) is 101 Å². The van der Waals surface area contributed by atoms with Crippen LogP contribution in [0.25, 0.3) is 11.0 Å². The molecule has 0 atom stereocenters. The van der Waals surface area contributed by atoms with Gasteiger partial charge in [0.15, 0.2) is 5.65 Å². The van der Waals surface area contributed by atoms with Gasteiger partial charge in [0.25, 0.3) is 0 Å². The minimum atomic E-state index is -1.46. The summed E-state index contributed by atoms with van der Waals surface area (Å²) in [5, 5.41) is 12.1. The van der Waals surface area contributed by atoms with E-state index in [1.807, 2.05) is 24.3 Å². The molecule has 0 bridgehead atoms. The molecular weight excluding hydrogens is 467 g/mol. The average molecular weight is 478 g/mol. The van der Waals surface area contributed by atoms with Crippen LogP contribution in [0.15, 0.2) is 59.3 Å². The number of nitrogens with one attached hydrogen (secondary N) is 1. The molecule has 7 nitrogen and oxygen atoms in total. The Balaban J connectivity index is 0.000000199. The van der Waals surface area contributed by atoms with E-state index in [1.54, 1.807) is 6.07 Å². The SMILES string of the molecule is Fc1ccc2c(Nc3cccc(Br)c3)ncnc2n1.O=C(O)c1ccc(F)nc1F. The highest BCUT2D eigenvalue weighted by Gasteiger charge is 2.11. The Morgan fingerprint density at radius 2 is 1.70 bits per heavy atom. The van der Waals surface area contributed by atoms with Crippen LogP contribution in [0.2, 0.25) is 0 Å². The second-order valence-electron chi connectivity index (χ2n) is 5.64. The van der Waals surface area contributed by atoms with E-state index in [0.717, 1.165) is 22.3 Å². The Hall–Kier alpha value is -3.60. The molecule has 0 amide bonds. The van der Waals surface area contributed by atoms with Crippen molar-refractivity contribution in [3.05, 3.63) is 82.7 Å². The number of aromatic nitrogens is 4. The molecule has 30 heavy (non-hydrogen) atoms. The van der Waals surface area contributed by atoms with Crippen molar-refractivity contribution >= 4 is 44.4 Å². The van der Waals surface area contributed by atoms with Crippen LogP contribution in [-0.2, 0) is 0 Å². The van der Waals surface area contributed by atoms with Gasteiger partial charge in [-0.3, -0.25) is 0 Å². The van der Waals surface area contributed by atoms with Crippen molar-refractivity contribution in [1.29, 1.82) is 0 Å². The first-order chi connectivity index (χ1) is 14.3. The summed E-state index contributed by atoms with van der Waals surface area (Å²) in [6.45, 7) is 0. The van der Waals surface area contributed by atoms with Gasteiger partial charge in [0.1, 0.15) is 17.7 Å². The van der Waals surface area contributed by atoms with E-state index in [4.69, 9.17) is 5.11 Å². The lowest BCUT2D eigenvalue weighted by molar-refractivity contribution is 0.0690. The van der Waals surface area contributed by atoms with Crippen LogP contribution in [-0.4, -0.2) is 31.0 Å². The number of hydrogen-bond acceptors (Lipinski definition) is 6. The largest absolute Gasteiger partial charge is 0.478 e. The number of anilines is 2. The normalized spacial score (nSPS) is 10.3. The van der Waals surface area contributed by atoms with Gasteiger partial charge in [-0.2, -0.15) is 23.1 Å². The fourth-order valence-electron chi connectivity index (χ4n) is 2.29. The van der Waals surface area contributed by atoms with Gasteiger partial charge >= 0.3 is 5.97 Å². The van der Waals surface area contributed by atoms with E-state index in [1.165, 1.54) is 12.4 Å². The Morgan fingerprint density at radius 3 is 2.40 bits per heavy atom. The quantitative estimate of drug-likeness (QED) is 0.411. The van der Waals surface area contributed by atoms with Crippen LogP contribution < -0.4 is 5.32 Å². The molecular formula is C19H11BrF3N5O2. The molecule has 11 heteroatoms. The molecule has 4 rings (SSSR count). The first kappa shape index (κ1) is 21.1. The maximum atomic E-state index is 13.1. The molecule has 3 aromatic heterocycles. The standard InChI is InChI=1S/C13H8BrFN4.C6H3F2NO2/c14-8-2-1-3-9(6-8)18-12-10-4-5-11(15)19-13(10)17-7-16-12;7-4-2-1-3(6(10)11)5(8)9-4/h1-7H,(H,16,17,18,19);1-2H,(H,10,11). The monoisotopic (exact) mass is 477 g/mol. The van der Waals surface area contributed by atoms with E-state index in [-0.39, 0.29) is 0 Å².